The number of fused-ring (bicyclic) bond motifs is 3. The van der Waals surface area contributed by atoms with Crippen LogP contribution in [0.15, 0.2) is 30.5 Å². The normalized spacial score (nSPS) is 19.4. The lowest BCUT2D eigenvalue weighted by molar-refractivity contribution is 0.197. The molecule has 10 heteroatoms. The molecule has 1 aromatic carbocycles. The first-order valence-electron chi connectivity index (χ1n) is 11.8. The van der Waals surface area contributed by atoms with Crippen LogP contribution in [-0.4, -0.2) is 50.4 Å². The van der Waals surface area contributed by atoms with Gasteiger partial charge in [0.15, 0.2) is 17.4 Å². The van der Waals surface area contributed by atoms with Gasteiger partial charge in [0.05, 0.1) is 31.6 Å². The maximum absolute atomic E-state index is 13.6. The van der Waals surface area contributed by atoms with E-state index in [4.69, 9.17) is 16.3 Å². The van der Waals surface area contributed by atoms with Crippen LogP contribution in [0.25, 0.3) is 5.69 Å². The van der Waals surface area contributed by atoms with Crippen LogP contribution in [-0.2, 0) is 13.1 Å². The van der Waals surface area contributed by atoms with Crippen molar-refractivity contribution in [2.75, 3.05) is 25.1 Å². The third-order valence-electron chi connectivity index (χ3n) is 7.45. The van der Waals surface area contributed by atoms with Gasteiger partial charge in [-0.2, -0.15) is 5.26 Å². The summed E-state index contributed by atoms with van der Waals surface area (Å²) < 4.78 is 21.1. The average Bonchev–Trinajstić information content (AvgIpc) is 3.60. The lowest BCUT2D eigenvalue weighted by Crippen LogP contribution is -2.35. The van der Waals surface area contributed by atoms with Gasteiger partial charge in [-0.15, -0.1) is 10.2 Å². The van der Waals surface area contributed by atoms with Crippen LogP contribution in [0.3, 0.4) is 0 Å². The highest BCUT2D eigenvalue weighted by molar-refractivity contribution is 6.30. The van der Waals surface area contributed by atoms with Gasteiger partial charge in [-0.25, -0.2) is 9.37 Å². The second-order valence-electron chi connectivity index (χ2n) is 9.52. The Bertz CT molecular complexity index is 1320. The number of anilines is 1. The molecule has 8 nitrogen and oxygen atoms in total. The molecule has 1 saturated carbocycles. The maximum atomic E-state index is 13.6. The molecule has 3 aliphatic rings. The zero-order chi connectivity index (χ0) is 24.2. The Balaban J connectivity index is 1.31. The molecular formula is C25H25ClFN7O. The van der Waals surface area contributed by atoms with Crippen molar-refractivity contribution >= 4 is 17.4 Å². The number of pyridine rings is 1. The van der Waals surface area contributed by atoms with E-state index in [1.807, 2.05) is 18.2 Å². The van der Waals surface area contributed by atoms with Crippen molar-refractivity contribution in [3.05, 3.63) is 58.5 Å². The van der Waals surface area contributed by atoms with Crippen LogP contribution in [0.2, 0.25) is 5.02 Å². The molecule has 2 aromatic heterocycles. The minimum absolute atomic E-state index is 0.208. The number of hydrogen-bond acceptors (Lipinski definition) is 7. The highest BCUT2D eigenvalue weighted by Crippen LogP contribution is 2.45. The van der Waals surface area contributed by atoms with E-state index in [0.717, 1.165) is 61.7 Å². The number of hydrogen-bond donors (Lipinski definition) is 0. The van der Waals surface area contributed by atoms with Gasteiger partial charge in [0, 0.05) is 36.6 Å². The van der Waals surface area contributed by atoms with E-state index >= 15 is 0 Å². The smallest absolute Gasteiger partial charge is 0.171 e. The van der Waals surface area contributed by atoms with Gasteiger partial charge in [0.1, 0.15) is 17.2 Å². The van der Waals surface area contributed by atoms with Crippen molar-refractivity contribution in [3.8, 4) is 17.5 Å². The Morgan fingerprint density at radius 1 is 1.17 bits per heavy atom. The monoisotopic (exact) mass is 493 g/mol. The number of piperidine rings is 1. The van der Waals surface area contributed by atoms with E-state index in [-0.39, 0.29) is 5.92 Å². The fourth-order valence-corrected chi connectivity index (χ4v) is 5.56. The van der Waals surface area contributed by atoms with Crippen LogP contribution >= 0.6 is 11.6 Å². The SMILES string of the molecule is COc1cc(F)cnc1N1CCC(c2nnc3n2-c2ccc(Cl)cc2CN(C2(C#N)CC2)C3)CC1. The second kappa shape index (κ2) is 8.47. The minimum Gasteiger partial charge on any atom is -0.493 e. The minimum atomic E-state index is -0.423. The van der Waals surface area contributed by atoms with Crippen molar-refractivity contribution < 1.29 is 9.13 Å². The standard InChI is InChI=1S/C25H25ClFN7O/c1-35-21-11-19(27)12-29-24(21)32-8-4-16(5-9-32)23-31-30-22-14-33(25(15-28)6-7-25)13-17-10-18(26)2-3-20(17)34(22)23/h2-3,10-12,16H,4-9,13-14H2,1H3. The van der Waals surface area contributed by atoms with Gasteiger partial charge in [0.2, 0.25) is 0 Å². The van der Waals surface area contributed by atoms with E-state index in [2.05, 4.69) is 35.6 Å². The summed E-state index contributed by atoms with van der Waals surface area (Å²) in [6, 6.07) is 9.81. The Hall–Kier alpha value is -3.22. The predicted octanol–water partition coefficient (Wildman–Crippen LogP) is 4.22. The van der Waals surface area contributed by atoms with Crippen LogP contribution in [0, 0.1) is 17.1 Å². The highest BCUT2D eigenvalue weighted by Gasteiger charge is 2.50. The van der Waals surface area contributed by atoms with E-state index in [1.54, 1.807) is 0 Å². The zero-order valence-electron chi connectivity index (χ0n) is 19.4. The molecule has 0 radical (unpaired) electrons. The van der Waals surface area contributed by atoms with Crippen molar-refractivity contribution in [1.82, 2.24) is 24.6 Å². The summed E-state index contributed by atoms with van der Waals surface area (Å²) in [5.74, 6) is 2.69. The summed E-state index contributed by atoms with van der Waals surface area (Å²) in [6.45, 7) is 2.72. The average molecular weight is 494 g/mol. The molecule has 4 heterocycles. The first-order chi connectivity index (χ1) is 17.0. The molecule has 0 bridgehead atoms. The Morgan fingerprint density at radius 2 is 1.97 bits per heavy atom. The zero-order valence-corrected chi connectivity index (χ0v) is 20.2. The maximum Gasteiger partial charge on any atom is 0.171 e. The molecule has 2 fully saturated rings. The molecule has 1 aliphatic carbocycles. The highest BCUT2D eigenvalue weighted by atomic mass is 35.5. The van der Waals surface area contributed by atoms with Gasteiger partial charge in [0.25, 0.3) is 0 Å². The summed E-state index contributed by atoms with van der Waals surface area (Å²) in [5, 5.41) is 19.8. The summed E-state index contributed by atoms with van der Waals surface area (Å²) in [5.41, 5.74) is 1.69. The number of nitriles is 1. The van der Waals surface area contributed by atoms with E-state index in [9.17, 15) is 9.65 Å². The van der Waals surface area contributed by atoms with Crippen LogP contribution in [0.1, 0.15) is 48.8 Å². The number of nitrogens with zero attached hydrogens (tertiary/aromatic N) is 7. The molecule has 2 aliphatic heterocycles. The lowest BCUT2D eigenvalue weighted by atomic mass is 9.95. The van der Waals surface area contributed by atoms with Crippen LogP contribution < -0.4 is 9.64 Å². The molecule has 0 unspecified atom stereocenters. The summed E-state index contributed by atoms with van der Waals surface area (Å²) in [4.78, 5) is 8.62. The number of benzene rings is 1. The quantitative estimate of drug-likeness (QED) is 0.538. The largest absolute Gasteiger partial charge is 0.493 e. The van der Waals surface area contributed by atoms with Crippen molar-refractivity contribution in [3.63, 3.8) is 0 Å². The van der Waals surface area contributed by atoms with Crippen LogP contribution in [0.5, 0.6) is 5.75 Å². The third kappa shape index (κ3) is 3.81. The Morgan fingerprint density at radius 3 is 2.69 bits per heavy atom. The molecule has 180 valence electrons. The van der Waals surface area contributed by atoms with Crippen molar-refractivity contribution in [1.29, 1.82) is 5.26 Å². The number of methoxy groups -OCH3 is 1. The van der Waals surface area contributed by atoms with Crippen molar-refractivity contribution in [2.45, 2.75) is 50.2 Å². The molecule has 0 amide bonds. The number of aromatic nitrogens is 4. The molecule has 35 heavy (non-hydrogen) atoms. The van der Waals surface area contributed by atoms with Gasteiger partial charge >= 0.3 is 0 Å². The van der Waals surface area contributed by atoms with Gasteiger partial charge in [-0.1, -0.05) is 11.6 Å². The predicted molar refractivity (Wildman–Crippen MR) is 128 cm³/mol. The Kier molecular flexibility index (Phi) is 5.38. The van der Waals surface area contributed by atoms with Gasteiger partial charge < -0.3 is 9.64 Å². The molecule has 0 atom stereocenters. The van der Waals surface area contributed by atoms with Gasteiger partial charge in [-0.05, 0) is 49.4 Å². The fraction of sp³-hybridized carbons (Fsp3) is 0.440. The Labute approximate surface area is 207 Å². The second-order valence-corrected chi connectivity index (χ2v) is 9.96. The molecule has 0 spiro atoms. The summed E-state index contributed by atoms with van der Waals surface area (Å²) >= 11 is 6.37. The molecule has 0 N–H and O–H groups in total. The van der Waals surface area contributed by atoms with E-state index in [1.165, 1.54) is 19.4 Å². The number of rotatable bonds is 4. The lowest BCUT2D eigenvalue weighted by Gasteiger charge is -2.33. The summed E-state index contributed by atoms with van der Waals surface area (Å²) in [7, 11) is 1.53. The van der Waals surface area contributed by atoms with Crippen molar-refractivity contribution in [2.24, 2.45) is 0 Å². The number of halogens is 2. The van der Waals surface area contributed by atoms with Gasteiger partial charge in [-0.3, -0.25) is 9.47 Å². The first-order valence-corrected chi connectivity index (χ1v) is 12.2. The van der Waals surface area contributed by atoms with E-state index in [0.29, 0.717) is 29.7 Å². The molecule has 3 aromatic rings. The molecule has 6 rings (SSSR count). The number of ether oxygens (including phenoxy) is 1. The molecular weight excluding hydrogens is 469 g/mol. The topological polar surface area (TPSA) is 83.1 Å². The third-order valence-corrected chi connectivity index (χ3v) is 7.68. The summed E-state index contributed by atoms with van der Waals surface area (Å²) in [6.07, 6.45) is 4.69. The first kappa shape index (κ1) is 22.3. The van der Waals surface area contributed by atoms with Crippen LogP contribution in [0.4, 0.5) is 10.2 Å². The molecule has 1 saturated heterocycles. The van der Waals surface area contributed by atoms with E-state index < -0.39 is 11.4 Å². The fourth-order valence-electron chi connectivity index (χ4n) is 5.36.